The summed E-state index contributed by atoms with van der Waals surface area (Å²) in [6.45, 7) is 0.920. The van der Waals surface area contributed by atoms with Gasteiger partial charge in [-0.25, -0.2) is 9.78 Å². The molecular weight excluding hydrogens is 386 g/mol. The van der Waals surface area contributed by atoms with Crippen LogP contribution in [0.15, 0.2) is 12.5 Å². The number of carboxylic acid groups (broad SMARTS) is 1. The number of carboxylic acids is 1. The third-order valence-electron chi connectivity index (χ3n) is 3.82. The van der Waals surface area contributed by atoms with Crippen LogP contribution in [0.3, 0.4) is 0 Å². The lowest BCUT2D eigenvalue weighted by atomic mass is 10.1. The molecule has 0 spiro atoms. The summed E-state index contributed by atoms with van der Waals surface area (Å²) in [4.78, 5) is 64.3. The van der Waals surface area contributed by atoms with E-state index in [0.717, 1.165) is 0 Å². The molecule has 0 aromatic carbocycles. The Kier molecular flexibility index (Phi) is 9.25. The van der Waals surface area contributed by atoms with Crippen LogP contribution >= 0.6 is 0 Å². The number of nitrogens with two attached hydrogens (primary N) is 2. The summed E-state index contributed by atoms with van der Waals surface area (Å²) in [6, 6.07) is -3.30. The average molecular weight is 411 g/mol. The molecule has 1 rings (SSSR count). The van der Waals surface area contributed by atoms with Crippen LogP contribution in [0.4, 0.5) is 0 Å². The standard InChI is InChI=1S/C16H25N7O6/c1-8(14(26)23-11(16(28)29)2-3-12(18)24)22-13(25)6-20-15(27)10(17)4-9-5-19-7-21-9/h5,7-8,10-11H,2-4,6,17H2,1H3,(H2,18,24)(H,19,21)(H,20,27)(H,22,25)(H,23,26)(H,28,29). The van der Waals surface area contributed by atoms with Crippen molar-refractivity contribution in [2.24, 2.45) is 11.5 Å². The number of H-pyrrole nitrogens is 1. The molecule has 0 radical (unpaired) electrons. The van der Waals surface area contributed by atoms with Crippen molar-refractivity contribution >= 4 is 29.6 Å². The number of hydrogen-bond donors (Lipinski definition) is 7. The van der Waals surface area contributed by atoms with Gasteiger partial charge in [0.2, 0.25) is 23.6 Å². The summed E-state index contributed by atoms with van der Waals surface area (Å²) in [5.41, 5.74) is 11.4. The lowest BCUT2D eigenvalue weighted by molar-refractivity contribution is -0.142. The molecule has 1 heterocycles. The fraction of sp³-hybridized carbons (Fsp3) is 0.500. The highest BCUT2D eigenvalue weighted by Gasteiger charge is 2.24. The lowest BCUT2D eigenvalue weighted by Crippen LogP contribution is -2.52. The number of aromatic amines is 1. The van der Waals surface area contributed by atoms with Crippen LogP contribution < -0.4 is 27.4 Å². The van der Waals surface area contributed by atoms with Gasteiger partial charge in [0, 0.05) is 24.7 Å². The van der Waals surface area contributed by atoms with Gasteiger partial charge in [-0.3, -0.25) is 19.2 Å². The number of imidazole rings is 1. The van der Waals surface area contributed by atoms with Gasteiger partial charge < -0.3 is 37.5 Å². The molecule has 0 saturated heterocycles. The maximum absolute atomic E-state index is 12.0. The van der Waals surface area contributed by atoms with Crippen molar-refractivity contribution in [1.29, 1.82) is 0 Å². The number of rotatable bonds is 12. The maximum atomic E-state index is 12.0. The Bertz CT molecular complexity index is 736. The first-order valence-electron chi connectivity index (χ1n) is 8.71. The van der Waals surface area contributed by atoms with E-state index in [2.05, 4.69) is 25.9 Å². The van der Waals surface area contributed by atoms with Gasteiger partial charge in [-0.2, -0.15) is 0 Å². The molecule has 4 amide bonds. The second-order valence-electron chi connectivity index (χ2n) is 6.30. The van der Waals surface area contributed by atoms with Crippen molar-refractivity contribution in [3.8, 4) is 0 Å². The number of nitrogens with one attached hydrogen (secondary N) is 4. The first kappa shape index (κ1) is 23.6. The summed E-state index contributed by atoms with van der Waals surface area (Å²) >= 11 is 0. The molecule has 0 saturated carbocycles. The van der Waals surface area contributed by atoms with E-state index in [4.69, 9.17) is 16.6 Å². The lowest BCUT2D eigenvalue weighted by Gasteiger charge is -2.18. The van der Waals surface area contributed by atoms with E-state index in [1.54, 1.807) is 0 Å². The normalized spacial score (nSPS) is 13.6. The number of carbonyl (C=O) groups is 5. The number of aliphatic carboxylic acids is 1. The van der Waals surface area contributed by atoms with Crippen LogP contribution in [-0.4, -0.2) is 69.3 Å². The molecule has 13 heteroatoms. The zero-order valence-corrected chi connectivity index (χ0v) is 15.8. The first-order chi connectivity index (χ1) is 13.6. The highest BCUT2D eigenvalue weighted by atomic mass is 16.4. The van der Waals surface area contributed by atoms with Crippen molar-refractivity contribution < 1.29 is 29.1 Å². The number of aromatic nitrogens is 2. The highest BCUT2D eigenvalue weighted by Crippen LogP contribution is 1.99. The third kappa shape index (κ3) is 8.83. The van der Waals surface area contributed by atoms with Gasteiger partial charge >= 0.3 is 5.97 Å². The summed E-state index contributed by atoms with van der Waals surface area (Å²) in [5.74, 6) is -4.04. The van der Waals surface area contributed by atoms with Crippen molar-refractivity contribution in [3.05, 3.63) is 18.2 Å². The number of primary amides is 1. The smallest absolute Gasteiger partial charge is 0.326 e. The molecule has 0 aliphatic carbocycles. The zero-order valence-electron chi connectivity index (χ0n) is 15.8. The molecule has 13 nitrogen and oxygen atoms in total. The van der Waals surface area contributed by atoms with E-state index >= 15 is 0 Å². The number of nitrogens with zero attached hydrogens (tertiary/aromatic N) is 1. The maximum Gasteiger partial charge on any atom is 0.326 e. The average Bonchev–Trinajstić information content (AvgIpc) is 3.15. The minimum Gasteiger partial charge on any atom is -0.480 e. The van der Waals surface area contributed by atoms with Crippen molar-refractivity contribution in [3.63, 3.8) is 0 Å². The Labute approximate surface area is 166 Å². The van der Waals surface area contributed by atoms with E-state index < -0.39 is 54.3 Å². The van der Waals surface area contributed by atoms with Crippen molar-refractivity contribution in [1.82, 2.24) is 25.9 Å². The molecule has 3 unspecified atom stereocenters. The molecule has 0 aliphatic heterocycles. The van der Waals surface area contributed by atoms with Crippen molar-refractivity contribution in [2.45, 2.75) is 44.3 Å². The minimum atomic E-state index is -1.34. The predicted molar refractivity (Wildman–Crippen MR) is 98.9 cm³/mol. The van der Waals surface area contributed by atoms with Crippen LogP contribution in [0, 0.1) is 0 Å². The van der Waals surface area contributed by atoms with Crippen molar-refractivity contribution in [2.75, 3.05) is 6.54 Å². The van der Waals surface area contributed by atoms with Gasteiger partial charge in [-0.1, -0.05) is 0 Å². The quantitative estimate of drug-likeness (QED) is 0.184. The van der Waals surface area contributed by atoms with Gasteiger partial charge in [-0.05, 0) is 13.3 Å². The van der Waals surface area contributed by atoms with E-state index in [9.17, 15) is 24.0 Å². The highest BCUT2D eigenvalue weighted by molar-refractivity contribution is 5.92. The summed E-state index contributed by atoms with van der Waals surface area (Å²) < 4.78 is 0. The second kappa shape index (κ2) is 11.4. The molecular formula is C16H25N7O6. The predicted octanol–water partition coefficient (Wildman–Crippen LogP) is -3.26. The Balaban J connectivity index is 2.41. The van der Waals surface area contributed by atoms with Crippen LogP contribution in [0.1, 0.15) is 25.5 Å². The molecule has 160 valence electrons. The Morgan fingerprint density at radius 3 is 2.45 bits per heavy atom. The van der Waals surface area contributed by atoms with Gasteiger partial charge in [0.25, 0.3) is 0 Å². The van der Waals surface area contributed by atoms with Crippen LogP contribution in [0.2, 0.25) is 0 Å². The number of amides is 4. The number of hydrogen-bond acceptors (Lipinski definition) is 7. The topological polar surface area (TPSA) is 222 Å². The molecule has 9 N–H and O–H groups in total. The monoisotopic (exact) mass is 411 g/mol. The molecule has 29 heavy (non-hydrogen) atoms. The molecule has 0 fully saturated rings. The van der Waals surface area contributed by atoms with Gasteiger partial charge in [-0.15, -0.1) is 0 Å². The van der Waals surface area contributed by atoms with E-state index in [1.165, 1.54) is 19.4 Å². The summed E-state index contributed by atoms with van der Waals surface area (Å²) in [6.07, 6.45) is 2.77. The third-order valence-corrected chi connectivity index (χ3v) is 3.82. The SMILES string of the molecule is CC(NC(=O)CNC(=O)C(N)Cc1cnc[nH]1)C(=O)NC(CCC(N)=O)C(=O)O. The summed E-state index contributed by atoms with van der Waals surface area (Å²) in [5, 5.41) is 15.9. The summed E-state index contributed by atoms with van der Waals surface area (Å²) in [7, 11) is 0. The van der Waals surface area contributed by atoms with Gasteiger partial charge in [0.15, 0.2) is 0 Å². The van der Waals surface area contributed by atoms with E-state index in [1.807, 2.05) is 0 Å². The minimum absolute atomic E-state index is 0.179. The second-order valence-corrected chi connectivity index (χ2v) is 6.30. The Hall–Kier alpha value is -3.48. The molecule has 1 aromatic heterocycles. The Morgan fingerprint density at radius 2 is 1.90 bits per heavy atom. The van der Waals surface area contributed by atoms with E-state index in [-0.39, 0.29) is 19.3 Å². The van der Waals surface area contributed by atoms with Crippen LogP contribution in [-0.2, 0) is 30.4 Å². The fourth-order valence-electron chi connectivity index (χ4n) is 2.22. The molecule has 0 aliphatic rings. The largest absolute Gasteiger partial charge is 0.480 e. The zero-order chi connectivity index (χ0) is 22.0. The molecule has 1 aromatic rings. The Morgan fingerprint density at radius 1 is 1.21 bits per heavy atom. The van der Waals surface area contributed by atoms with Gasteiger partial charge in [0.05, 0.1) is 18.9 Å². The fourth-order valence-corrected chi connectivity index (χ4v) is 2.22. The molecule has 0 bridgehead atoms. The van der Waals surface area contributed by atoms with Gasteiger partial charge in [0.1, 0.15) is 12.1 Å². The van der Waals surface area contributed by atoms with E-state index in [0.29, 0.717) is 5.69 Å². The van der Waals surface area contributed by atoms with Crippen LogP contribution in [0.5, 0.6) is 0 Å². The molecule has 3 atom stereocenters. The number of carbonyl (C=O) groups excluding carboxylic acids is 4. The first-order valence-corrected chi connectivity index (χ1v) is 8.71. The van der Waals surface area contributed by atoms with Crippen LogP contribution in [0.25, 0.3) is 0 Å².